The van der Waals surface area contributed by atoms with Crippen LogP contribution >= 0.6 is 0 Å². The van der Waals surface area contributed by atoms with Crippen LogP contribution < -0.4 is 10.6 Å². The van der Waals surface area contributed by atoms with E-state index in [4.69, 9.17) is 4.74 Å². The standard InChI is InChI=1S/C17H18FN3O4/c1-11-3-4-12(9-15(11)18)20-17(22)14-10-13(21(23)24)5-6-16(14)19-7-8-25-2/h3-6,9-10,19H,7-8H2,1-2H3,(H,20,22). The average Bonchev–Trinajstić information content (AvgIpc) is 2.58. The van der Waals surface area contributed by atoms with E-state index < -0.39 is 16.6 Å². The van der Waals surface area contributed by atoms with Gasteiger partial charge in [0.1, 0.15) is 5.82 Å². The Kier molecular flexibility index (Phi) is 6.02. The molecule has 0 fully saturated rings. The largest absolute Gasteiger partial charge is 0.383 e. The summed E-state index contributed by atoms with van der Waals surface area (Å²) in [5.74, 6) is -1.03. The first-order valence-corrected chi connectivity index (χ1v) is 7.51. The number of nitrogens with one attached hydrogen (secondary N) is 2. The van der Waals surface area contributed by atoms with Crippen LogP contribution in [0.1, 0.15) is 15.9 Å². The number of nitrogens with zero attached hydrogens (tertiary/aromatic N) is 1. The molecule has 0 aliphatic rings. The van der Waals surface area contributed by atoms with E-state index in [1.165, 1.54) is 37.4 Å². The molecule has 0 saturated carbocycles. The minimum absolute atomic E-state index is 0.0892. The third kappa shape index (κ3) is 4.74. The lowest BCUT2D eigenvalue weighted by atomic mass is 10.1. The van der Waals surface area contributed by atoms with Gasteiger partial charge in [0.2, 0.25) is 0 Å². The van der Waals surface area contributed by atoms with Crippen LogP contribution in [0.4, 0.5) is 21.5 Å². The number of halogens is 1. The topological polar surface area (TPSA) is 93.5 Å². The van der Waals surface area contributed by atoms with E-state index in [9.17, 15) is 19.3 Å². The van der Waals surface area contributed by atoms with Crippen LogP contribution in [0.25, 0.3) is 0 Å². The Morgan fingerprint density at radius 2 is 2.04 bits per heavy atom. The summed E-state index contributed by atoms with van der Waals surface area (Å²) in [5, 5.41) is 16.5. The molecule has 0 bridgehead atoms. The first-order valence-electron chi connectivity index (χ1n) is 7.51. The molecule has 2 aromatic carbocycles. The molecule has 0 radical (unpaired) electrons. The highest BCUT2D eigenvalue weighted by molar-refractivity contribution is 6.08. The molecule has 0 spiro atoms. The van der Waals surface area contributed by atoms with Crippen LogP contribution in [0.15, 0.2) is 36.4 Å². The van der Waals surface area contributed by atoms with Crippen molar-refractivity contribution in [1.29, 1.82) is 0 Å². The summed E-state index contributed by atoms with van der Waals surface area (Å²) in [7, 11) is 1.54. The van der Waals surface area contributed by atoms with Crippen molar-refractivity contribution >= 4 is 23.0 Å². The zero-order chi connectivity index (χ0) is 18.4. The quantitative estimate of drug-likeness (QED) is 0.455. The number of non-ortho nitro benzene ring substituents is 1. The molecule has 0 aliphatic heterocycles. The molecule has 2 N–H and O–H groups in total. The van der Waals surface area contributed by atoms with E-state index in [2.05, 4.69) is 10.6 Å². The van der Waals surface area contributed by atoms with Gasteiger partial charge in [-0.05, 0) is 30.7 Å². The number of nitro groups is 1. The van der Waals surface area contributed by atoms with E-state index in [0.717, 1.165) is 0 Å². The monoisotopic (exact) mass is 347 g/mol. The Hall–Kier alpha value is -3.00. The average molecular weight is 347 g/mol. The van der Waals surface area contributed by atoms with Crippen LogP contribution in [0.2, 0.25) is 0 Å². The Balaban J connectivity index is 2.29. The smallest absolute Gasteiger partial charge is 0.270 e. The third-order valence-electron chi connectivity index (χ3n) is 3.51. The van der Waals surface area contributed by atoms with Crippen molar-refractivity contribution in [2.75, 3.05) is 30.9 Å². The zero-order valence-corrected chi connectivity index (χ0v) is 13.8. The Bertz CT molecular complexity index is 795. The van der Waals surface area contributed by atoms with Crippen molar-refractivity contribution in [1.82, 2.24) is 0 Å². The summed E-state index contributed by atoms with van der Waals surface area (Å²) in [6, 6.07) is 8.23. The maximum absolute atomic E-state index is 13.6. The van der Waals surface area contributed by atoms with Crippen LogP contribution in [-0.2, 0) is 4.74 Å². The van der Waals surface area contributed by atoms with Gasteiger partial charge in [0.25, 0.3) is 11.6 Å². The summed E-state index contributed by atoms with van der Waals surface area (Å²) in [6.07, 6.45) is 0. The fourth-order valence-electron chi connectivity index (χ4n) is 2.14. The molecule has 0 aromatic heterocycles. The summed E-state index contributed by atoms with van der Waals surface area (Å²) in [6.45, 7) is 2.44. The normalized spacial score (nSPS) is 10.4. The predicted molar refractivity (Wildman–Crippen MR) is 92.6 cm³/mol. The van der Waals surface area contributed by atoms with Crippen LogP contribution in [-0.4, -0.2) is 31.1 Å². The highest BCUT2D eigenvalue weighted by Crippen LogP contribution is 2.24. The summed E-state index contributed by atoms with van der Waals surface area (Å²) in [4.78, 5) is 22.9. The van der Waals surface area contributed by atoms with Gasteiger partial charge in [-0.25, -0.2) is 4.39 Å². The van der Waals surface area contributed by atoms with Crippen molar-refractivity contribution in [3.05, 3.63) is 63.5 Å². The molecule has 8 heteroatoms. The lowest BCUT2D eigenvalue weighted by molar-refractivity contribution is -0.384. The molecule has 0 heterocycles. The predicted octanol–water partition coefficient (Wildman–Crippen LogP) is 3.35. The first-order chi connectivity index (χ1) is 11.9. The van der Waals surface area contributed by atoms with Gasteiger partial charge < -0.3 is 15.4 Å². The molecule has 0 saturated heterocycles. The van der Waals surface area contributed by atoms with Crippen molar-refractivity contribution in [3.63, 3.8) is 0 Å². The van der Waals surface area contributed by atoms with Gasteiger partial charge in [0.05, 0.1) is 17.1 Å². The van der Waals surface area contributed by atoms with Crippen molar-refractivity contribution in [3.8, 4) is 0 Å². The zero-order valence-electron chi connectivity index (χ0n) is 13.8. The molecule has 0 atom stereocenters. The number of amides is 1. The molecule has 7 nitrogen and oxygen atoms in total. The number of hydrogen-bond donors (Lipinski definition) is 2. The summed E-state index contributed by atoms with van der Waals surface area (Å²) >= 11 is 0. The molecule has 2 aromatic rings. The van der Waals surface area contributed by atoms with E-state index >= 15 is 0 Å². The third-order valence-corrected chi connectivity index (χ3v) is 3.51. The maximum atomic E-state index is 13.6. The number of carbonyl (C=O) groups excluding carboxylic acids is 1. The number of ether oxygens (including phenoxy) is 1. The lowest BCUT2D eigenvalue weighted by Crippen LogP contribution is -2.17. The first kappa shape index (κ1) is 18.3. The Morgan fingerprint density at radius 1 is 1.28 bits per heavy atom. The van der Waals surface area contributed by atoms with Crippen molar-refractivity contribution in [2.45, 2.75) is 6.92 Å². The molecule has 0 unspecified atom stereocenters. The number of anilines is 2. The highest BCUT2D eigenvalue weighted by atomic mass is 19.1. The fraction of sp³-hybridized carbons (Fsp3) is 0.235. The number of methoxy groups -OCH3 is 1. The van der Waals surface area contributed by atoms with E-state index in [-0.39, 0.29) is 16.9 Å². The van der Waals surface area contributed by atoms with E-state index in [0.29, 0.717) is 24.4 Å². The van der Waals surface area contributed by atoms with Gasteiger partial charge in [-0.1, -0.05) is 6.07 Å². The molecule has 132 valence electrons. The SMILES string of the molecule is COCCNc1ccc([N+](=O)[O-])cc1C(=O)Nc1ccc(C)c(F)c1. The lowest BCUT2D eigenvalue weighted by Gasteiger charge is -2.12. The second-order valence-electron chi connectivity index (χ2n) is 5.32. The highest BCUT2D eigenvalue weighted by Gasteiger charge is 2.17. The van der Waals surface area contributed by atoms with E-state index in [1.54, 1.807) is 13.0 Å². The Morgan fingerprint density at radius 3 is 2.68 bits per heavy atom. The number of hydrogen-bond acceptors (Lipinski definition) is 5. The number of rotatable bonds is 7. The fourth-order valence-corrected chi connectivity index (χ4v) is 2.14. The molecule has 2 rings (SSSR count). The summed E-state index contributed by atoms with van der Waals surface area (Å²) in [5.41, 5.74) is 1.02. The van der Waals surface area contributed by atoms with Gasteiger partial charge in [-0.3, -0.25) is 14.9 Å². The van der Waals surface area contributed by atoms with Gasteiger partial charge >= 0.3 is 0 Å². The second kappa shape index (κ2) is 8.20. The number of nitro benzene ring substituents is 1. The van der Waals surface area contributed by atoms with Crippen molar-refractivity contribution < 1.29 is 18.8 Å². The van der Waals surface area contributed by atoms with Gasteiger partial charge in [0, 0.05) is 37.2 Å². The summed E-state index contributed by atoms with van der Waals surface area (Å²) < 4.78 is 18.6. The Labute approximate surface area is 144 Å². The number of carbonyl (C=O) groups is 1. The van der Waals surface area contributed by atoms with E-state index in [1.807, 2.05) is 0 Å². The van der Waals surface area contributed by atoms with Crippen molar-refractivity contribution in [2.24, 2.45) is 0 Å². The molecule has 25 heavy (non-hydrogen) atoms. The maximum Gasteiger partial charge on any atom is 0.270 e. The van der Waals surface area contributed by atoms with Gasteiger partial charge in [-0.2, -0.15) is 0 Å². The molecule has 0 aliphatic carbocycles. The van der Waals surface area contributed by atoms with Crippen LogP contribution in [0.5, 0.6) is 0 Å². The molecular weight excluding hydrogens is 329 g/mol. The van der Waals surface area contributed by atoms with Crippen LogP contribution in [0, 0.1) is 22.9 Å². The van der Waals surface area contributed by atoms with Crippen LogP contribution in [0.3, 0.4) is 0 Å². The number of aryl methyl sites for hydroxylation is 1. The van der Waals surface area contributed by atoms with Gasteiger partial charge in [0.15, 0.2) is 0 Å². The molecule has 1 amide bonds. The second-order valence-corrected chi connectivity index (χ2v) is 5.32. The number of benzene rings is 2. The molecular formula is C17H18FN3O4. The minimum atomic E-state index is -0.582. The van der Waals surface area contributed by atoms with Gasteiger partial charge in [-0.15, -0.1) is 0 Å². The minimum Gasteiger partial charge on any atom is -0.383 e.